The summed E-state index contributed by atoms with van der Waals surface area (Å²) < 4.78 is 7.31. The van der Waals surface area contributed by atoms with Crippen LogP contribution in [0.1, 0.15) is 16.2 Å². The van der Waals surface area contributed by atoms with Crippen LogP contribution in [-0.4, -0.2) is 20.7 Å². The van der Waals surface area contributed by atoms with E-state index in [1.54, 1.807) is 10.7 Å². The van der Waals surface area contributed by atoms with Gasteiger partial charge in [-0.3, -0.25) is 4.79 Å². The second-order valence-corrected chi connectivity index (χ2v) is 7.40. The van der Waals surface area contributed by atoms with Gasteiger partial charge in [-0.2, -0.15) is 9.78 Å². The van der Waals surface area contributed by atoms with E-state index in [1.165, 1.54) is 11.3 Å². The zero-order valence-electron chi connectivity index (χ0n) is 15.5. The summed E-state index contributed by atoms with van der Waals surface area (Å²) in [5.41, 5.74) is 3.36. The Morgan fingerprint density at radius 3 is 2.69 bits per heavy atom. The maximum absolute atomic E-state index is 12.7. The van der Waals surface area contributed by atoms with Gasteiger partial charge in [-0.15, -0.1) is 11.3 Å². The molecule has 7 heteroatoms. The van der Waals surface area contributed by atoms with Crippen molar-refractivity contribution in [3.8, 4) is 16.4 Å². The Labute approximate surface area is 170 Å². The Morgan fingerprint density at radius 2 is 1.86 bits per heavy atom. The van der Waals surface area contributed by atoms with Gasteiger partial charge >= 0.3 is 0 Å². The summed E-state index contributed by atoms with van der Waals surface area (Å²) in [6.07, 6.45) is 0. The van der Waals surface area contributed by atoms with E-state index in [1.807, 2.05) is 73.0 Å². The number of furan rings is 1. The highest BCUT2D eigenvalue weighted by atomic mass is 32.1. The third-order valence-corrected chi connectivity index (χ3v) is 5.28. The van der Waals surface area contributed by atoms with Crippen LogP contribution >= 0.6 is 11.3 Å². The minimum Gasteiger partial charge on any atom is -0.451 e. The molecule has 6 nitrogen and oxygen atoms in total. The van der Waals surface area contributed by atoms with Crippen LogP contribution in [0.4, 0.5) is 5.82 Å². The normalized spacial score (nSPS) is 11.1. The quantitative estimate of drug-likeness (QED) is 0.444. The van der Waals surface area contributed by atoms with Crippen LogP contribution in [0.5, 0.6) is 0 Å². The first-order valence-corrected chi connectivity index (χ1v) is 9.93. The molecule has 3 aromatic heterocycles. The van der Waals surface area contributed by atoms with Crippen LogP contribution < -0.4 is 5.32 Å². The number of nitrogens with one attached hydrogen (secondary N) is 1. The topological polar surface area (TPSA) is 73.0 Å². The summed E-state index contributed by atoms with van der Waals surface area (Å²) in [6, 6.07) is 21.0. The number of nitrogens with zero attached hydrogens (tertiary/aromatic N) is 3. The van der Waals surface area contributed by atoms with Gasteiger partial charge in [0.2, 0.25) is 5.13 Å². The Balaban J connectivity index is 1.45. The van der Waals surface area contributed by atoms with Crippen LogP contribution in [-0.2, 0) is 0 Å². The van der Waals surface area contributed by atoms with Gasteiger partial charge in [-0.1, -0.05) is 48.5 Å². The van der Waals surface area contributed by atoms with E-state index >= 15 is 0 Å². The molecule has 0 aliphatic heterocycles. The Bertz CT molecular complexity index is 1280. The first-order valence-electron chi connectivity index (χ1n) is 9.05. The van der Waals surface area contributed by atoms with Crippen molar-refractivity contribution in [3.63, 3.8) is 0 Å². The van der Waals surface area contributed by atoms with Crippen LogP contribution in [0, 0.1) is 6.92 Å². The molecule has 0 saturated heterocycles. The summed E-state index contributed by atoms with van der Waals surface area (Å²) in [5.74, 6) is 0.463. The molecule has 0 aliphatic carbocycles. The van der Waals surface area contributed by atoms with Crippen molar-refractivity contribution in [1.29, 1.82) is 0 Å². The third-order valence-electron chi connectivity index (χ3n) is 4.47. The van der Waals surface area contributed by atoms with Gasteiger partial charge in [-0.25, -0.2) is 4.98 Å². The van der Waals surface area contributed by atoms with Crippen LogP contribution in [0.15, 0.2) is 76.5 Å². The molecule has 5 aromatic rings. The Morgan fingerprint density at radius 1 is 1.07 bits per heavy atom. The van der Waals surface area contributed by atoms with E-state index in [2.05, 4.69) is 15.4 Å². The molecule has 0 saturated carbocycles. The summed E-state index contributed by atoms with van der Waals surface area (Å²) in [7, 11) is 0. The van der Waals surface area contributed by atoms with Crippen LogP contribution in [0.2, 0.25) is 0 Å². The van der Waals surface area contributed by atoms with E-state index in [9.17, 15) is 4.79 Å². The van der Waals surface area contributed by atoms with Crippen molar-refractivity contribution in [2.24, 2.45) is 0 Å². The first kappa shape index (κ1) is 17.4. The molecule has 2 aromatic carbocycles. The first-order chi connectivity index (χ1) is 14.2. The SMILES string of the molecule is Cc1cc(NC(=O)c2cc3ccccc3o2)n(-c2nc(-c3ccccc3)cs2)n1. The molecule has 1 amide bonds. The lowest BCUT2D eigenvalue weighted by Gasteiger charge is -2.05. The van der Waals surface area contributed by atoms with Gasteiger partial charge in [0.25, 0.3) is 5.91 Å². The molecule has 0 aliphatic rings. The second kappa shape index (κ2) is 7.03. The van der Waals surface area contributed by atoms with Gasteiger partial charge in [0, 0.05) is 22.4 Å². The molecule has 1 N–H and O–H groups in total. The minimum absolute atomic E-state index is 0.251. The summed E-state index contributed by atoms with van der Waals surface area (Å²) in [5, 5.41) is 10.9. The minimum atomic E-state index is -0.331. The maximum atomic E-state index is 12.7. The van der Waals surface area contributed by atoms with Crippen LogP contribution in [0.3, 0.4) is 0 Å². The average Bonchev–Trinajstić information content (AvgIpc) is 3.46. The molecular weight excluding hydrogens is 384 g/mol. The maximum Gasteiger partial charge on any atom is 0.292 e. The fourth-order valence-corrected chi connectivity index (χ4v) is 3.90. The fourth-order valence-electron chi connectivity index (χ4n) is 3.11. The molecule has 0 bridgehead atoms. The van der Waals surface area contributed by atoms with E-state index < -0.39 is 0 Å². The van der Waals surface area contributed by atoms with E-state index in [4.69, 9.17) is 4.42 Å². The van der Waals surface area contributed by atoms with Gasteiger partial charge in [0.15, 0.2) is 5.76 Å². The zero-order chi connectivity index (χ0) is 19.8. The number of benzene rings is 2. The number of para-hydroxylation sites is 1. The molecule has 29 heavy (non-hydrogen) atoms. The molecule has 3 heterocycles. The lowest BCUT2D eigenvalue weighted by Crippen LogP contribution is -2.14. The average molecular weight is 400 g/mol. The molecule has 0 unspecified atom stereocenters. The molecule has 5 rings (SSSR count). The number of rotatable bonds is 4. The highest BCUT2D eigenvalue weighted by Crippen LogP contribution is 2.27. The smallest absolute Gasteiger partial charge is 0.292 e. The van der Waals surface area contributed by atoms with Crippen molar-refractivity contribution in [2.45, 2.75) is 6.92 Å². The van der Waals surface area contributed by atoms with Gasteiger partial charge in [0.1, 0.15) is 11.4 Å². The number of hydrogen-bond donors (Lipinski definition) is 1. The number of aromatic nitrogens is 3. The molecule has 0 fully saturated rings. The Hall–Kier alpha value is -3.71. The number of hydrogen-bond acceptors (Lipinski definition) is 5. The summed E-state index contributed by atoms with van der Waals surface area (Å²) in [4.78, 5) is 17.4. The molecule has 142 valence electrons. The molecule has 0 radical (unpaired) electrons. The predicted molar refractivity (Wildman–Crippen MR) is 114 cm³/mol. The summed E-state index contributed by atoms with van der Waals surface area (Å²) >= 11 is 1.47. The fraction of sp³-hybridized carbons (Fsp3) is 0.0455. The van der Waals surface area contributed by atoms with Crippen LogP contribution in [0.25, 0.3) is 27.4 Å². The van der Waals surface area contributed by atoms with E-state index in [0.717, 1.165) is 22.3 Å². The van der Waals surface area contributed by atoms with Gasteiger partial charge in [0.05, 0.1) is 11.4 Å². The number of amides is 1. The largest absolute Gasteiger partial charge is 0.451 e. The standard InChI is InChI=1S/C22H16N4O2S/c1-14-11-20(24-21(27)19-12-16-9-5-6-10-18(16)28-19)26(25-14)22-23-17(13-29-22)15-7-3-2-4-8-15/h2-13H,1H3,(H,24,27). The second-order valence-electron chi connectivity index (χ2n) is 6.57. The van der Waals surface area contributed by atoms with Crippen molar-refractivity contribution < 1.29 is 9.21 Å². The lowest BCUT2D eigenvalue weighted by atomic mass is 10.2. The number of anilines is 1. The van der Waals surface area contributed by atoms with Crippen molar-refractivity contribution >= 4 is 34.0 Å². The monoisotopic (exact) mass is 400 g/mol. The predicted octanol–water partition coefficient (Wildman–Crippen LogP) is 5.30. The van der Waals surface area contributed by atoms with Crippen molar-refractivity contribution in [1.82, 2.24) is 14.8 Å². The highest BCUT2D eigenvalue weighted by Gasteiger charge is 2.17. The van der Waals surface area contributed by atoms with Gasteiger partial charge in [-0.05, 0) is 19.1 Å². The van der Waals surface area contributed by atoms with E-state index in [0.29, 0.717) is 16.5 Å². The summed E-state index contributed by atoms with van der Waals surface area (Å²) in [6.45, 7) is 1.87. The Kier molecular flexibility index (Phi) is 4.22. The number of carbonyl (C=O) groups excluding carboxylic acids is 1. The number of carbonyl (C=O) groups is 1. The number of thiazole rings is 1. The highest BCUT2D eigenvalue weighted by molar-refractivity contribution is 7.12. The molecule has 0 spiro atoms. The van der Waals surface area contributed by atoms with E-state index in [-0.39, 0.29) is 11.7 Å². The molecule has 0 atom stereocenters. The third kappa shape index (κ3) is 3.32. The van der Waals surface area contributed by atoms with Crippen molar-refractivity contribution in [2.75, 3.05) is 5.32 Å². The lowest BCUT2D eigenvalue weighted by molar-refractivity contribution is 0.0998. The number of aryl methyl sites for hydroxylation is 1. The van der Waals surface area contributed by atoms with Gasteiger partial charge < -0.3 is 9.73 Å². The zero-order valence-corrected chi connectivity index (χ0v) is 16.3. The number of fused-ring (bicyclic) bond motifs is 1. The molecular formula is C22H16N4O2S. The van der Waals surface area contributed by atoms with Crippen molar-refractivity contribution in [3.05, 3.63) is 83.6 Å².